The van der Waals surface area contributed by atoms with Crippen LogP contribution in [0.4, 0.5) is 13.2 Å². The number of rotatable bonds is 4. The first-order chi connectivity index (χ1) is 11.0. The van der Waals surface area contributed by atoms with Crippen molar-refractivity contribution in [2.24, 2.45) is 0 Å². The van der Waals surface area contributed by atoms with Crippen LogP contribution < -0.4 is 4.18 Å². The molecule has 24 heavy (non-hydrogen) atoms. The topological polar surface area (TPSA) is 60.4 Å². The van der Waals surface area contributed by atoms with Crippen LogP contribution in [0.2, 0.25) is 0 Å². The molecule has 0 atom stereocenters. The fraction of sp³-hybridized carbons (Fsp3) is 0.133. The monoisotopic (exact) mass is 422 g/mol. The number of Topliss-reactive ketones (excluding diaryl/α,β-unsaturated/α-hetero) is 1. The lowest BCUT2D eigenvalue weighted by atomic mass is 10.1. The van der Waals surface area contributed by atoms with Gasteiger partial charge in [0.15, 0.2) is 11.5 Å². The van der Waals surface area contributed by atoms with E-state index in [9.17, 15) is 26.4 Å². The highest BCUT2D eigenvalue weighted by Gasteiger charge is 2.31. The van der Waals surface area contributed by atoms with Crippen LogP contribution in [0, 0.1) is 0 Å². The van der Waals surface area contributed by atoms with Crippen molar-refractivity contribution in [3.05, 3.63) is 58.1 Å². The maximum atomic E-state index is 12.5. The summed E-state index contributed by atoms with van der Waals surface area (Å²) in [6.45, 7) is 1.24. The quantitative estimate of drug-likeness (QED) is 0.539. The minimum atomic E-state index is -4.57. The molecule has 2 aromatic carbocycles. The van der Waals surface area contributed by atoms with E-state index < -0.39 is 32.5 Å². The first-order valence-corrected chi connectivity index (χ1v) is 8.63. The molecule has 0 aliphatic rings. The van der Waals surface area contributed by atoms with Gasteiger partial charge in [-0.2, -0.15) is 21.6 Å². The Balaban J connectivity index is 2.37. The summed E-state index contributed by atoms with van der Waals surface area (Å²) in [6, 6.07) is 7.02. The third kappa shape index (κ3) is 4.15. The second-order valence-corrected chi connectivity index (χ2v) is 7.22. The van der Waals surface area contributed by atoms with Gasteiger partial charge >= 0.3 is 16.3 Å². The van der Waals surface area contributed by atoms with Crippen molar-refractivity contribution in [1.82, 2.24) is 0 Å². The predicted octanol–water partition coefficient (Wildman–Crippen LogP) is 4.44. The zero-order valence-corrected chi connectivity index (χ0v) is 14.5. The summed E-state index contributed by atoms with van der Waals surface area (Å²) in [5.74, 6) is -0.625. The molecule has 4 nitrogen and oxygen atoms in total. The average molecular weight is 423 g/mol. The number of halogens is 4. The lowest BCUT2D eigenvalue weighted by Gasteiger charge is -2.11. The second kappa shape index (κ2) is 6.56. The molecule has 9 heteroatoms. The molecule has 0 aromatic heterocycles. The van der Waals surface area contributed by atoms with E-state index in [0.717, 1.165) is 12.1 Å². The van der Waals surface area contributed by atoms with Gasteiger partial charge in [0.25, 0.3) is 0 Å². The average Bonchev–Trinajstić information content (AvgIpc) is 2.48. The first kappa shape index (κ1) is 18.5. The van der Waals surface area contributed by atoms with E-state index in [0.29, 0.717) is 16.6 Å². The van der Waals surface area contributed by atoms with E-state index in [1.54, 1.807) is 0 Å². The lowest BCUT2D eigenvalue weighted by molar-refractivity contribution is -0.137. The fourth-order valence-corrected chi connectivity index (χ4v) is 3.14. The number of hydrogen-bond donors (Lipinski definition) is 0. The van der Waals surface area contributed by atoms with E-state index in [-0.39, 0.29) is 11.3 Å². The lowest BCUT2D eigenvalue weighted by Crippen LogP contribution is -2.13. The van der Waals surface area contributed by atoms with Gasteiger partial charge in [-0.1, -0.05) is 15.9 Å². The van der Waals surface area contributed by atoms with Crippen molar-refractivity contribution in [2.75, 3.05) is 0 Å². The van der Waals surface area contributed by atoms with Gasteiger partial charge in [-0.15, -0.1) is 0 Å². The Kier molecular flexibility index (Phi) is 5.05. The highest BCUT2D eigenvalue weighted by Crippen LogP contribution is 2.31. The van der Waals surface area contributed by atoms with Crippen LogP contribution in [0.15, 0.2) is 51.8 Å². The molecular formula is C15H10BrF3O4S. The summed E-state index contributed by atoms with van der Waals surface area (Å²) in [4.78, 5) is 11.1. The fourth-order valence-electron chi connectivity index (χ4n) is 1.83. The smallest absolute Gasteiger partial charge is 0.378 e. The zero-order chi connectivity index (χ0) is 18.1. The molecule has 0 bridgehead atoms. The third-order valence-corrected chi connectivity index (χ3v) is 4.73. The molecule has 0 amide bonds. The van der Waals surface area contributed by atoms with E-state index in [4.69, 9.17) is 4.18 Å². The minimum Gasteiger partial charge on any atom is -0.378 e. The number of ketones is 1. The molecule has 0 aliphatic heterocycles. The summed E-state index contributed by atoms with van der Waals surface area (Å²) >= 11 is 3.15. The third-order valence-electron chi connectivity index (χ3n) is 2.99. The highest BCUT2D eigenvalue weighted by molar-refractivity contribution is 9.10. The SMILES string of the molecule is CC(=O)c1cc(Br)ccc1OS(=O)(=O)c1ccc(C(F)(F)F)cc1. The van der Waals surface area contributed by atoms with Crippen LogP contribution in [0.1, 0.15) is 22.8 Å². The Labute approximate surface area is 144 Å². The van der Waals surface area contributed by atoms with Gasteiger partial charge in [-0.3, -0.25) is 4.79 Å². The summed E-state index contributed by atoms with van der Waals surface area (Å²) in [7, 11) is -4.38. The van der Waals surface area contributed by atoms with Crippen molar-refractivity contribution >= 4 is 31.8 Å². The van der Waals surface area contributed by atoms with E-state index in [1.165, 1.54) is 25.1 Å². The summed E-state index contributed by atoms with van der Waals surface area (Å²) in [5.41, 5.74) is -0.950. The molecular weight excluding hydrogens is 413 g/mol. The van der Waals surface area contributed by atoms with Crippen LogP contribution in [-0.4, -0.2) is 14.2 Å². The molecule has 0 spiro atoms. The number of benzene rings is 2. The highest BCUT2D eigenvalue weighted by atomic mass is 79.9. The Morgan fingerprint density at radius 1 is 1.08 bits per heavy atom. The zero-order valence-electron chi connectivity index (χ0n) is 12.1. The number of alkyl halides is 3. The molecule has 0 aliphatic carbocycles. The largest absolute Gasteiger partial charge is 0.416 e. The molecule has 2 aromatic rings. The van der Waals surface area contributed by atoms with Crippen LogP contribution in [0.3, 0.4) is 0 Å². The molecule has 128 valence electrons. The summed E-state index contributed by atoms with van der Waals surface area (Å²) < 4.78 is 67.4. The molecule has 0 fully saturated rings. The standard InChI is InChI=1S/C15H10BrF3O4S/c1-9(20)13-8-11(16)4-7-14(13)23-24(21,22)12-5-2-10(3-6-12)15(17,18)19/h2-8H,1H3. The van der Waals surface area contributed by atoms with Gasteiger partial charge in [0.05, 0.1) is 11.1 Å². The Morgan fingerprint density at radius 3 is 2.17 bits per heavy atom. The predicted molar refractivity (Wildman–Crippen MR) is 83.4 cm³/mol. The van der Waals surface area contributed by atoms with Crippen LogP contribution in [-0.2, 0) is 16.3 Å². The molecule has 2 rings (SSSR count). The summed E-state index contributed by atoms with van der Waals surface area (Å²) in [6.07, 6.45) is -4.57. The maximum absolute atomic E-state index is 12.5. The van der Waals surface area contributed by atoms with Crippen molar-refractivity contribution < 1.29 is 30.6 Å². The Hall–Kier alpha value is -1.87. The van der Waals surface area contributed by atoms with Crippen molar-refractivity contribution in [2.45, 2.75) is 18.0 Å². The molecule has 0 heterocycles. The van der Waals surface area contributed by atoms with E-state index in [1.807, 2.05) is 0 Å². The van der Waals surface area contributed by atoms with E-state index in [2.05, 4.69) is 15.9 Å². The van der Waals surface area contributed by atoms with Crippen molar-refractivity contribution in [3.8, 4) is 5.75 Å². The molecule has 0 radical (unpaired) electrons. The minimum absolute atomic E-state index is 0.0276. The first-order valence-electron chi connectivity index (χ1n) is 6.43. The second-order valence-electron chi connectivity index (χ2n) is 4.76. The van der Waals surface area contributed by atoms with Gasteiger partial charge < -0.3 is 4.18 Å². The Bertz CT molecular complexity index is 875. The van der Waals surface area contributed by atoms with Gasteiger partial charge in [-0.25, -0.2) is 0 Å². The van der Waals surface area contributed by atoms with Gasteiger partial charge in [0.1, 0.15) is 4.90 Å². The molecule has 0 N–H and O–H groups in total. The molecule has 0 saturated carbocycles. The normalized spacial score (nSPS) is 12.0. The maximum Gasteiger partial charge on any atom is 0.416 e. The molecule has 0 unspecified atom stereocenters. The molecule has 0 saturated heterocycles. The summed E-state index contributed by atoms with van der Waals surface area (Å²) in [5, 5.41) is 0. The van der Waals surface area contributed by atoms with Crippen LogP contribution in [0.25, 0.3) is 0 Å². The van der Waals surface area contributed by atoms with Crippen molar-refractivity contribution in [3.63, 3.8) is 0 Å². The number of hydrogen-bond acceptors (Lipinski definition) is 4. The Morgan fingerprint density at radius 2 is 1.67 bits per heavy atom. The number of carbonyl (C=O) groups is 1. The van der Waals surface area contributed by atoms with Gasteiger partial charge in [-0.05, 0) is 49.4 Å². The number of carbonyl (C=O) groups excluding carboxylic acids is 1. The van der Waals surface area contributed by atoms with Crippen LogP contribution in [0.5, 0.6) is 5.75 Å². The van der Waals surface area contributed by atoms with E-state index >= 15 is 0 Å². The van der Waals surface area contributed by atoms with Crippen LogP contribution >= 0.6 is 15.9 Å². The van der Waals surface area contributed by atoms with Gasteiger partial charge in [0, 0.05) is 4.47 Å². The van der Waals surface area contributed by atoms with Gasteiger partial charge in [0.2, 0.25) is 0 Å². The van der Waals surface area contributed by atoms with Crippen molar-refractivity contribution in [1.29, 1.82) is 0 Å².